The molecule has 1 aromatic rings. The molecule has 0 aromatic carbocycles. The van der Waals surface area contributed by atoms with Gasteiger partial charge in [0, 0.05) is 11.4 Å². The van der Waals surface area contributed by atoms with E-state index in [1.54, 1.807) is 12.3 Å². The van der Waals surface area contributed by atoms with Crippen LogP contribution in [0.2, 0.25) is 0 Å². The maximum atomic E-state index is 12.1. The van der Waals surface area contributed by atoms with E-state index in [-0.39, 0.29) is 17.0 Å². The minimum atomic E-state index is -0.469. The summed E-state index contributed by atoms with van der Waals surface area (Å²) in [6, 6.07) is 0.228. The van der Waals surface area contributed by atoms with E-state index in [1.807, 2.05) is 0 Å². The first-order valence-corrected chi connectivity index (χ1v) is 7.91. The van der Waals surface area contributed by atoms with Crippen molar-refractivity contribution in [1.29, 1.82) is 0 Å². The first-order valence-electron chi connectivity index (χ1n) is 7.03. The van der Waals surface area contributed by atoms with Crippen molar-refractivity contribution in [2.45, 2.75) is 45.6 Å². The molecule has 0 unspecified atom stereocenters. The van der Waals surface area contributed by atoms with E-state index >= 15 is 0 Å². The summed E-state index contributed by atoms with van der Waals surface area (Å²) in [6.45, 7) is 4.29. The summed E-state index contributed by atoms with van der Waals surface area (Å²) < 4.78 is 4.86. The van der Waals surface area contributed by atoms with E-state index < -0.39 is 5.97 Å². The monoisotopic (exact) mass is 296 g/mol. The van der Waals surface area contributed by atoms with Crippen molar-refractivity contribution in [3.05, 3.63) is 16.1 Å². The van der Waals surface area contributed by atoms with Crippen molar-refractivity contribution in [3.63, 3.8) is 0 Å². The molecule has 1 heterocycles. The van der Waals surface area contributed by atoms with Crippen LogP contribution in [0.3, 0.4) is 0 Å². The van der Waals surface area contributed by atoms with Gasteiger partial charge in [0.05, 0.1) is 6.61 Å². The Labute approximate surface area is 122 Å². The highest BCUT2D eigenvalue weighted by atomic mass is 32.1. The number of nitrogens with one attached hydrogen (secondary N) is 1. The predicted molar refractivity (Wildman–Crippen MR) is 77.0 cm³/mol. The zero-order chi connectivity index (χ0) is 14.5. The van der Waals surface area contributed by atoms with Gasteiger partial charge in [-0.1, -0.05) is 6.92 Å². The Kier molecular flexibility index (Phi) is 5.11. The van der Waals surface area contributed by atoms with Gasteiger partial charge >= 0.3 is 5.97 Å². The largest absolute Gasteiger partial charge is 0.461 e. The molecule has 0 saturated heterocycles. The quantitative estimate of drug-likeness (QED) is 0.867. The zero-order valence-corrected chi connectivity index (χ0v) is 12.7. The Hall–Kier alpha value is -1.43. The lowest BCUT2D eigenvalue weighted by molar-refractivity contribution is 0.0526. The molecule has 20 heavy (non-hydrogen) atoms. The molecule has 0 radical (unpaired) electrons. The molecule has 5 nitrogen and oxygen atoms in total. The minimum Gasteiger partial charge on any atom is -0.461 e. The van der Waals surface area contributed by atoms with Gasteiger partial charge in [-0.05, 0) is 38.5 Å². The number of carbonyl (C=O) groups excluding carboxylic acids is 2. The van der Waals surface area contributed by atoms with Gasteiger partial charge in [0.15, 0.2) is 0 Å². The van der Waals surface area contributed by atoms with E-state index in [0.717, 1.165) is 42.9 Å². The fourth-order valence-electron chi connectivity index (χ4n) is 2.33. The number of amides is 1. The Morgan fingerprint density at radius 1 is 1.40 bits per heavy atom. The second-order valence-corrected chi connectivity index (χ2v) is 6.05. The standard InChI is InChI=1S/C14H20N2O3S/c1-3-19-14(18)13-16-11(8-20-13)12(17)15-10-6-4-9(2)5-7-10/h8-10H,3-7H2,1-2H3,(H,15,17). The van der Waals surface area contributed by atoms with Gasteiger partial charge in [-0.15, -0.1) is 11.3 Å². The number of aromatic nitrogens is 1. The van der Waals surface area contributed by atoms with Gasteiger partial charge < -0.3 is 10.1 Å². The Morgan fingerprint density at radius 2 is 2.10 bits per heavy atom. The fourth-order valence-corrected chi connectivity index (χ4v) is 3.02. The summed E-state index contributed by atoms with van der Waals surface area (Å²) in [5.41, 5.74) is 0.302. The van der Waals surface area contributed by atoms with Crippen LogP contribution in [0.25, 0.3) is 0 Å². The van der Waals surface area contributed by atoms with Crippen molar-refractivity contribution in [2.24, 2.45) is 5.92 Å². The molecule has 1 aliphatic rings. The first-order chi connectivity index (χ1) is 9.60. The number of rotatable bonds is 4. The highest BCUT2D eigenvalue weighted by Gasteiger charge is 2.22. The van der Waals surface area contributed by atoms with Crippen LogP contribution in [-0.4, -0.2) is 29.5 Å². The molecule has 0 spiro atoms. The number of ether oxygens (including phenoxy) is 1. The van der Waals surface area contributed by atoms with Crippen LogP contribution in [-0.2, 0) is 4.74 Å². The van der Waals surface area contributed by atoms with Gasteiger partial charge in [-0.2, -0.15) is 0 Å². The van der Waals surface area contributed by atoms with Crippen LogP contribution in [0.1, 0.15) is 59.8 Å². The molecule has 0 bridgehead atoms. The van der Waals surface area contributed by atoms with Crippen LogP contribution < -0.4 is 5.32 Å². The Morgan fingerprint density at radius 3 is 2.75 bits per heavy atom. The summed E-state index contributed by atoms with van der Waals surface area (Å²) >= 11 is 1.14. The lowest BCUT2D eigenvalue weighted by atomic mass is 9.87. The molecule has 1 N–H and O–H groups in total. The zero-order valence-electron chi connectivity index (χ0n) is 11.8. The normalized spacial score (nSPS) is 22.3. The van der Waals surface area contributed by atoms with Crippen molar-refractivity contribution in [1.82, 2.24) is 10.3 Å². The maximum Gasteiger partial charge on any atom is 0.367 e. The van der Waals surface area contributed by atoms with E-state index in [4.69, 9.17) is 4.74 Å². The van der Waals surface area contributed by atoms with Crippen LogP contribution in [0, 0.1) is 5.92 Å². The van der Waals surface area contributed by atoms with Crippen molar-refractivity contribution in [2.75, 3.05) is 6.61 Å². The minimum absolute atomic E-state index is 0.198. The van der Waals surface area contributed by atoms with E-state index in [0.29, 0.717) is 12.3 Å². The molecular weight excluding hydrogens is 276 g/mol. The van der Waals surface area contributed by atoms with Gasteiger partial charge in [-0.25, -0.2) is 9.78 Å². The summed E-state index contributed by atoms with van der Waals surface area (Å²) in [5, 5.41) is 4.83. The van der Waals surface area contributed by atoms with Crippen molar-refractivity contribution < 1.29 is 14.3 Å². The van der Waals surface area contributed by atoms with Gasteiger partial charge in [0.25, 0.3) is 5.91 Å². The lowest BCUT2D eigenvalue weighted by Gasteiger charge is -2.26. The average molecular weight is 296 g/mol. The summed E-state index contributed by atoms with van der Waals surface area (Å²) in [4.78, 5) is 27.6. The van der Waals surface area contributed by atoms with Crippen LogP contribution >= 0.6 is 11.3 Å². The maximum absolute atomic E-state index is 12.1. The van der Waals surface area contributed by atoms with Gasteiger partial charge in [0.1, 0.15) is 5.69 Å². The molecule has 0 aliphatic heterocycles. The van der Waals surface area contributed by atoms with Crippen molar-refractivity contribution >= 4 is 23.2 Å². The Bertz CT molecular complexity index is 479. The smallest absolute Gasteiger partial charge is 0.367 e. The topological polar surface area (TPSA) is 68.3 Å². The predicted octanol–water partition coefficient (Wildman–Crippen LogP) is 2.63. The molecule has 0 atom stereocenters. The SMILES string of the molecule is CCOC(=O)c1nc(C(=O)NC2CCC(C)CC2)cs1. The van der Waals surface area contributed by atoms with Crippen LogP contribution in [0.4, 0.5) is 0 Å². The fraction of sp³-hybridized carbons (Fsp3) is 0.643. The molecule has 110 valence electrons. The van der Waals surface area contributed by atoms with Gasteiger partial charge in [-0.3, -0.25) is 4.79 Å². The lowest BCUT2D eigenvalue weighted by Crippen LogP contribution is -2.37. The van der Waals surface area contributed by atoms with Crippen LogP contribution in [0.15, 0.2) is 5.38 Å². The average Bonchev–Trinajstić information content (AvgIpc) is 2.91. The molecule has 1 aliphatic carbocycles. The number of nitrogens with zero attached hydrogens (tertiary/aromatic N) is 1. The molecule has 1 aromatic heterocycles. The van der Waals surface area contributed by atoms with Gasteiger partial charge in [0.2, 0.25) is 5.01 Å². The second kappa shape index (κ2) is 6.83. The molecule has 2 rings (SSSR count). The number of hydrogen-bond donors (Lipinski definition) is 1. The first kappa shape index (κ1) is 15.0. The summed E-state index contributed by atoms with van der Waals surface area (Å²) in [5.74, 6) is 0.0808. The number of hydrogen-bond acceptors (Lipinski definition) is 5. The second-order valence-electron chi connectivity index (χ2n) is 5.19. The molecule has 1 amide bonds. The third-order valence-electron chi connectivity index (χ3n) is 3.54. The van der Waals surface area contributed by atoms with Crippen molar-refractivity contribution in [3.8, 4) is 0 Å². The third kappa shape index (κ3) is 3.79. The number of esters is 1. The summed E-state index contributed by atoms with van der Waals surface area (Å²) in [6.07, 6.45) is 4.33. The Balaban J connectivity index is 1.91. The van der Waals surface area contributed by atoms with E-state index in [1.165, 1.54) is 0 Å². The molecule has 6 heteroatoms. The summed E-state index contributed by atoms with van der Waals surface area (Å²) in [7, 11) is 0. The number of carbonyl (C=O) groups is 2. The highest BCUT2D eigenvalue weighted by Crippen LogP contribution is 2.23. The van der Waals surface area contributed by atoms with Crippen LogP contribution in [0.5, 0.6) is 0 Å². The van der Waals surface area contributed by atoms with E-state index in [9.17, 15) is 9.59 Å². The molecule has 1 saturated carbocycles. The number of thiazole rings is 1. The highest BCUT2D eigenvalue weighted by molar-refractivity contribution is 7.11. The third-order valence-corrected chi connectivity index (χ3v) is 4.36. The van der Waals surface area contributed by atoms with E-state index in [2.05, 4.69) is 17.2 Å². The molecule has 1 fully saturated rings. The molecular formula is C14H20N2O3S.